The fourth-order valence-corrected chi connectivity index (χ4v) is 2.43. The summed E-state index contributed by atoms with van der Waals surface area (Å²) in [6.45, 7) is 2.53. The molecule has 1 aromatic rings. The van der Waals surface area contributed by atoms with Gasteiger partial charge in [0.25, 0.3) is 0 Å². The van der Waals surface area contributed by atoms with Crippen LogP contribution in [-0.4, -0.2) is 24.9 Å². The van der Waals surface area contributed by atoms with Crippen LogP contribution in [0.15, 0.2) is 24.3 Å². The molecule has 1 aromatic carbocycles. The van der Waals surface area contributed by atoms with Gasteiger partial charge in [0.05, 0.1) is 0 Å². The molecule has 5 heteroatoms. The van der Waals surface area contributed by atoms with Gasteiger partial charge in [-0.1, -0.05) is 25.1 Å². The number of hydrogen-bond donors (Lipinski definition) is 1. The second-order valence-corrected chi connectivity index (χ2v) is 4.79. The molecular formula is C14H18F3NO. The largest absolute Gasteiger partial charge is 0.488 e. The van der Waals surface area contributed by atoms with Crippen LogP contribution in [0.4, 0.5) is 13.2 Å². The van der Waals surface area contributed by atoms with E-state index in [0.29, 0.717) is 13.0 Å². The average molecular weight is 273 g/mol. The lowest BCUT2D eigenvalue weighted by Crippen LogP contribution is -2.43. The molecule has 2 unspecified atom stereocenters. The van der Waals surface area contributed by atoms with Crippen molar-refractivity contribution in [1.82, 2.24) is 5.32 Å². The van der Waals surface area contributed by atoms with Crippen molar-refractivity contribution in [3.63, 3.8) is 0 Å². The fraction of sp³-hybridized carbons (Fsp3) is 0.571. The van der Waals surface area contributed by atoms with Crippen LogP contribution in [0.5, 0.6) is 5.75 Å². The Hall–Kier alpha value is -1.23. The van der Waals surface area contributed by atoms with Crippen molar-refractivity contribution >= 4 is 0 Å². The maximum Gasteiger partial charge on any atom is 0.389 e. The van der Waals surface area contributed by atoms with Crippen LogP contribution in [0.1, 0.15) is 25.3 Å². The van der Waals surface area contributed by atoms with E-state index in [0.717, 1.165) is 11.3 Å². The van der Waals surface area contributed by atoms with Crippen molar-refractivity contribution in [3.05, 3.63) is 29.8 Å². The summed E-state index contributed by atoms with van der Waals surface area (Å²) in [7, 11) is 0. The van der Waals surface area contributed by atoms with Crippen LogP contribution in [0.2, 0.25) is 0 Å². The monoisotopic (exact) mass is 273 g/mol. The topological polar surface area (TPSA) is 21.3 Å². The first-order chi connectivity index (χ1) is 8.99. The number of halogens is 3. The number of nitrogens with one attached hydrogen (secondary N) is 1. The van der Waals surface area contributed by atoms with Gasteiger partial charge in [-0.25, -0.2) is 0 Å². The van der Waals surface area contributed by atoms with E-state index in [9.17, 15) is 13.2 Å². The minimum Gasteiger partial charge on any atom is -0.488 e. The lowest BCUT2D eigenvalue weighted by atomic mass is 10.0. The van der Waals surface area contributed by atoms with Gasteiger partial charge >= 0.3 is 6.18 Å². The number of hydrogen-bond acceptors (Lipinski definition) is 2. The Morgan fingerprint density at radius 2 is 2.11 bits per heavy atom. The van der Waals surface area contributed by atoms with Crippen molar-refractivity contribution in [2.45, 2.75) is 44.5 Å². The van der Waals surface area contributed by atoms with Crippen molar-refractivity contribution in [1.29, 1.82) is 0 Å². The van der Waals surface area contributed by atoms with Crippen LogP contribution in [0.3, 0.4) is 0 Å². The molecule has 0 aromatic heterocycles. The van der Waals surface area contributed by atoms with Gasteiger partial charge in [0.2, 0.25) is 0 Å². The minimum absolute atomic E-state index is 0.0516. The van der Waals surface area contributed by atoms with Crippen LogP contribution < -0.4 is 10.1 Å². The van der Waals surface area contributed by atoms with Crippen LogP contribution in [0.25, 0.3) is 0 Å². The van der Waals surface area contributed by atoms with Gasteiger partial charge in [-0.3, -0.25) is 0 Å². The third-order valence-electron chi connectivity index (χ3n) is 3.33. The Labute approximate surface area is 111 Å². The summed E-state index contributed by atoms with van der Waals surface area (Å²) >= 11 is 0. The molecule has 0 fully saturated rings. The smallest absolute Gasteiger partial charge is 0.389 e. The predicted octanol–water partition coefficient (Wildman–Crippen LogP) is 3.31. The van der Waals surface area contributed by atoms with Crippen LogP contribution >= 0.6 is 0 Å². The number of alkyl halides is 3. The van der Waals surface area contributed by atoms with Gasteiger partial charge in [0.15, 0.2) is 0 Å². The number of likely N-dealkylation sites (N-methyl/N-ethyl adjacent to an activating group) is 1. The lowest BCUT2D eigenvalue weighted by molar-refractivity contribution is -0.137. The zero-order chi connectivity index (χ0) is 13.9. The van der Waals surface area contributed by atoms with Gasteiger partial charge in [-0.2, -0.15) is 13.2 Å². The second kappa shape index (κ2) is 5.82. The molecule has 1 aliphatic heterocycles. The molecule has 2 atom stereocenters. The second-order valence-electron chi connectivity index (χ2n) is 4.79. The van der Waals surface area contributed by atoms with E-state index in [2.05, 4.69) is 5.32 Å². The molecule has 0 saturated heterocycles. The molecule has 2 rings (SSSR count). The highest BCUT2D eigenvalue weighted by Crippen LogP contribution is 2.31. The van der Waals surface area contributed by atoms with Gasteiger partial charge in [0, 0.05) is 18.9 Å². The molecule has 0 aliphatic carbocycles. The Kier molecular flexibility index (Phi) is 4.34. The number of ether oxygens (including phenoxy) is 1. The maximum atomic E-state index is 12.3. The van der Waals surface area contributed by atoms with E-state index in [4.69, 9.17) is 4.74 Å². The van der Waals surface area contributed by atoms with Gasteiger partial charge in [-0.15, -0.1) is 0 Å². The Bertz CT molecular complexity index is 394. The van der Waals surface area contributed by atoms with Gasteiger partial charge in [-0.05, 0) is 24.6 Å². The fourth-order valence-electron chi connectivity index (χ4n) is 2.43. The first kappa shape index (κ1) is 14.2. The highest BCUT2D eigenvalue weighted by Gasteiger charge is 2.34. The molecule has 0 bridgehead atoms. The normalized spacial score (nSPS) is 19.9. The van der Waals surface area contributed by atoms with Gasteiger partial charge < -0.3 is 10.1 Å². The van der Waals surface area contributed by atoms with Crippen molar-refractivity contribution < 1.29 is 17.9 Å². The lowest BCUT2D eigenvalue weighted by Gasteiger charge is -2.24. The zero-order valence-corrected chi connectivity index (χ0v) is 10.8. The molecule has 2 nitrogen and oxygen atoms in total. The van der Waals surface area contributed by atoms with E-state index >= 15 is 0 Å². The highest BCUT2D eigenvalue weighted by atomic mass is 19.4. The van der Waals surface area contributed by atoms with Crippen molar-refractivity contribution in [2.24, 2.45) is 0 Å². The molecule has 0 amide bonds. The zero-order valence-electron chi connectivity index (χ0n) is 10.8. The van der Waals surface area contributed by atoms with Crippen LogP contribution in [0, 0.1) is 0 Å². The molecule has 106 valence electrons. The summed E-state index contributed by atoms with van der Waals surface area (Å²) in [6.07, 6.45) is -4.37. The number of rotatable bonds is 5. The molecule has 1 N–H and O–H groups in total. The Morgan fingerprint density at radius 3 is 2.74 bits per heavy atom. The van der Waals surface area contributed by atoms with E-state index in [-0.39, 0.29) is 18.6 Å². The maximum absolute atomic E-state index is 12.3. The third-order valence-corrected chi connectivity index (χ3v) is 3.33. The van der Waals surface area contributed by atoms with Crippen LogP contribution in [-0.2, 0) is 6.42 Å². The summed E-state index contributed by atoms with van der Waals surface area (Å²) in [5.41, 5.74) is 1.07. The SMILES string of the molecule is CCNC(CCC(F)(F)F)C1Cc2ccccc2O1. The van der Waals surface area contributed by atoms with Crippen molar-refractivity contribution in [2.75, 3.05) is 6.54 Å². The molecular weight excluding hydrogens is 255 g/mol. The summed E-state index contributed by atoms with van der Waals surface area (Å²) in [6, 6.07) is 7.35. The highest BCUT2D eigenvalue weighted by molar-refractivity contribution is 5.37. The standard InChI is InChI=1S/C14H18F3NO/c1-2-18-11(7-8-14(15,16)17)13-9-10-5-3-4-6-12(10)19-13/h3-6,11,13,18H,2,7-9H2,1H3. The summed E-state index contributed by atoms with van der Waals surface area (Å²) in [5.74, 6) is 0.794. The van der Waals surface area contributed by atoms with Gasteiger partial charge in [0.1, 0.15) is 11.9 Å². The predicted molar refractivity (Wildman–Crippen MR) is 67.3 cm³/mol. The summed E-state index contributed by atoms with van der Waals surface area (Å²) in [4.78, 5) is 0. The molecule has 0 radical (unpaired) electrons. The molecule has 1 heterocycles. The molecule has 1 aliphatic rings. The first-order valence-electron chi connectivity index (χ1n) is 6.54. The molecule has 0 spiro atoms. The Balaban J connectivity index is 1.98. The first-order valence-corrected chi connectivity index (χ1v) is 6.54. The number of fused-ring (bicyclic) bond motifs is 1. The minimum atomic E-state index is -4.11. The third kappa shape index (κ3) is 3.86. The van der Waals surface area contributed by atoms with E-state index in [1.54, 1.807) is 0 Å². The number of benzene rings is 1. The summed E-state index contributed by atoms with van der Waals surface area (Å²) in [5, 5.41) is 3.11. The van der Waals surface area contributed by atoms with E-state index in [1.807, 2.05) is 31.2 Å². The summed E-state index contributed by atoms with van der Waals surface area (Å²) < 4.78 is 42.8. The Morgan fingerprint density at radius 1 is 1.37 bits per heavy atom. The van der Waals surface area contributed by atoms with Crippen molar-refractivity contribution in [3.8, 4) is 5.75 Å². The molecule has 0 saturated carbocycles. The molecule has 19 heavy (non-hydrogen) atoms. The quantitative estimate of drug-likeness (QED) is 0.888. The number of para-hydroxylation sites is 1. The van der Waals surface area contributed by atoms with E-state index < -0.39 is 12.6 Å². The van der Waals surface area contributed by atoms with E-state index in [1.165, 1.54) is 0 Å². The average Bonchev–Trinajstić information content (AvgIpc) is 2.76.